The largest absolute Gasteiger partial charge is 0.390 e. The molecular formula is C16H28O. The number of hydrogen-bond donors (Lipinski definition) is 1. The van der Waals surface area contributed by atoms with Crippen LogP contribution in [0.1, 0.15) is 77.6 Å². The van der Waals surface area contributed by atoms with E-state index in [1.165, 1.54) is 57.8 Å². The summed E-state index contributed by atoms with van der Waals surface area (Å²) >= 11 is 0. The summed E-state index contributed by atoms with van der Waals surface area (Å²) in [7, 11) is 0. The van der Waals surface area contributed by atoms with Crippen molar-refractivity contribution in [3.63, 3.8) is 0 Å². The number of rotatable bonds is 0. The highest BCUT2D eigenvalue weighted by molar-refractivity contribution is 5.17. The van der Waals surface area contributed by atoms with E-state index in [9.17, 15) is 5.11 Å². The SMILES string of the molecule is CC1(O)CC2=CCCCCCCCCCC2C1. The molecule has 0 radical (unpaired) electrons. The number of hydrogen-bond acceptors (Lipinski definition) is 1. The van der Waals surface area contributed by atoms with Gasteiger partial charge in [-0.1, -0.05) is 50.2 Å². The van der Waals surface area contributed by atoms with Crippen LogP contribution in [-0.4, -0.2) is 10.7 Å². The van der Waals surface area contributed by atoms with E-state index >= 15 is 0 Å². The molecule has 0 heterocycles. The van der Waals surface area contributed by atoms with E-state index in [0.29, 0.717) is 5.92 Å². The van der Waals surface area contributed by atoms with Gasteiger partial charge in [-0.3, -0.25) is 0 Å². The Kier molecular flexibility index (Phi) is 4.67. The molecule has 0 saturated heterocycles. The molecule has 0 aromatic rings. The zero-order valence-corrected chi connectivity index (χ0v) is 11.4. The second-order valence-electron chi connectivity index (χ2n) is 6.41. The average Bonchev–Trinajstić information content (AvgIpc) is 2.54. The Hall–Kier alpha value is -0.300. The molecule has 1 heteroatoms. The Morgan fingerprint density at radius 3 is 2.47 bits per heavy atom. The molecule has 2 aliphatic carbocycles. The minimum atomic E-state index is -0.420. The average molecular weight is 236 g/mol. The van der Waals surface area contributed by atoms with Crippen molar-refractivity contribution in [2.24, 2.45) is 5.92 Å². The van der Waals surface area contributed by atoms with E-state index in [0.717, 1.165) is 12.8 Å². The summed E-state index contributed by atoms with van der Waals surface area (Å²) < 4.78 is 0. The zero-order chi connectivity index (χ0) is 12.1. The third-order valence-electron chi connectivity index (χ3n) is 4.46. The lowest BCUT2D eigenvalue weighted by atomic mass is 9.93. The number of aliphatic hydroxyl groups is 1. The molecule has 0 spiro atoms. The van der Waals surface area contributed by atoms with Crippen LogP contribution in [0.3, 0.4) is 0 Å². The summed E-state index contributed by atoms with van der Waals surface area (Å²) in [6.45, 7) is 2.01. The van der Waals surface area contributed by atoms with E-state index in [1.807, 2.05) is 6.92 Å². The fraction of sp³-hybridized carbons (Fsp3) is 0.875. The molecule has 2 atom stereocenters. The highest BCUT2D eigenvalue weighted by atomic mass is 16.3. The highest BCUT2D eigenvalue weighted by Gasteiger charge is 2.35. The summed E-state index contributed by atoms with van der Waals surface area (Å²) in [5, 5.41) is 10.2. The summed E-state index contributed by atoms with van der Waals surface area (Å²) in [6.07, 6.45) is 16.7. The summed E-state index contributed by atoms with van der Waals surface area (Å²) in [5.41, 5.74) is 1.15. The normalized spacial score (nSPS) is 36.6. The van der Waals surface area contributed by atoms with E-state index in [-0.39, 0.29) is 0 Å². The van der Waals surface area contributed by atoms with Crippen molar-refractivity contribution in [3.8, 4) is 0 Å². The van der Waals surface area contributed by atoms with Gasteiger partial charge in [0.25, 0.3) is 0 Å². The van der Waals surface area contributed by atoms with Gasteiger partial charge < -0.3 is 5.11 Å². The van der Waals surface area contributed by atoms with Gasteiger partial charge in [0.2, 0.25) is 0 Å². The van der Waals surface area contributed by atoms with E-state index in [4.69, 9.17) is 0 Å². The maximum atomic E-state index is 10.2. The predicted molar refractivity (Wildman–Crippen MR) is 73.0 cm³/mol. The van der Waals surface area contributed by atoms with Crippen LogP contribution in [-0.2, 0) is 0 Å². The third-order valence-corrected chi connectivity index (χ3v) is 4.46. The van der Waals surface area contributed by atoms with Crippen molar-refractivity contribution >= 4 is 0 Å². The second kappa shape index (κ2) is 6.04. The van der Waals surface area contributed by atoms with Crippen molar-refractivity contribution in [1.29, 1.82) is 0 Å². The lowest BCUT2D eigenvalue weighted by molar-refractivity contribution is 0.0643. The van der Waals surface area contributed by atoms with Crippen LogP contribution < -0.4 is 0 Å². The van der Waals surface area contributed by atoms with Crippen molar-refractivity contribution in [2.75, 3.05) is 0 Å². The van der Waals surface area contributed by atoms with Crippen molar-refractivity contribution < 1.29 is 5.11 Å². The van der Waals surface area contributed by atoms with Crippen molar-refractivity contribution in [3.05, 3.63) is 11.6 Å². The fourth-order valence-electron chi connectivity index (χ4n) is 3.55. The summed E-state index contributed by atoms with van der Waals surface area (Å²) in [4.78, 5) is 0. The Balaban J connectivity index is 1.97. The fourth-order valence-corrected chi connectivity index (χ4v) is 3.55. The smallest absolute Gasteiger partial charge is 0.0662 e. The van der Waals surface area contributed by atoms with Gasteiger partial charge in [-0.2, -0.15) is 0 Å². The molecule has 2 rings (SSSR count). The molecule has 2 unspecified atom stereocenters. The second-order valence-corrected chi connectivity index (χ2v) is 6.41. The molecule has 1 saturated carbocycles. The van der Waals surface area contributed by atoms with Crippen LogP contribution in [0, 0.1) is 5.92 Å². The first kappa shape index (κ1) is 13.1. The maximum Gasteiger partial charge on any atom is 0.0662 e. The topological polar surface area (TPSA) is 20.2 Å². The summed E-state index contributed by atoms with van der Waals surface area (Å²) in [5.74, 6) is 0.685. The van der Waals surface area contributed by atoms with Crippen molar-refractivity contribution in [2.45, 2.75) is 83.2 Å². The number of allylic oxidation sites excluding steroid dienone is 1. The quantitative estimate of drug-likeness (QED) is 0.609. The first-order valence-electron chi connectivity index (χ1n) is 7.59. The van der Waals surface area contributed by atoms with Gasteiger partial charge in [0.1, 0.15) is 0 Å². The van der Waals surface area contributed by atoms with E-state index in [1.54, 1.807) is 5.57 Å². The van der Waals surface area contributed by atoms with E-state index in [2.05, 4.69) is 6.08 Å². The standard InChI is InChI=1S/C16H28O/c1-16(17)12-14-10-8-6-4-2-3-5-7-9-11-15(14)13-16/h10,15,17H,2-9,11-13H2,1H3. The Morgan fingerprint density at radius 1 is 1.06 bits per heavy atom. The summed E-state index contributed by atoms with van der Waals surface area (Å²) in [6, 6.07) is 0. The maximum absolute atomic E-state index is 10.2. The third kappa shape index (κ3) is 4.13. The highest BCUT2D eigenvalue weighted by Crippen LogP contribution is 2.41. The molecule has 1 nitrogen and oxygen atoms in total. The molecule has 98 valence electrons. The zero-order valence-electron chi connectivity index (χ0n) is 11.4. The van der Waals surface area contributed by atoms with Gasteiger partial charge in [0.05, 0.1) is 5.60 Å². The molecular weight excluding hydrogens is 208 g/mol. The molecule has 0 amide bonds. The molecule has 0 aliphatic heterocycles. The Morgan fingerprint density at radius 2 is 1.71 bits per heavy atom. The van der Waals surface area contributed by atoms with Crippen LogP contribution in [0.5, 0.6) is 0 Å². The Labute approximate surface area is 106 Å². The number of fused-ring (bicyclic) bond motifs is 1. The molecule has 17 heavy (non-hydrogen) atoms. The van der Waals surface area contributed by atoms with E-state index < -0.39 is 5.60 Å². The van der Waals surface area contributed by atoms with Crippen LogP contribution in [0.25, 0.3) is 0 Å². The van der Waals surface area contributed by atoms with Crippen LogP contribution in [0.2, 0.25) is 0 Å². The first-order valence-corrected chi connectivity index (χ1v) is 7.59. The molecule has 0 bridgehead atoms. The van der Waals surface area contributed by atoms with Crippen LogP contribution in [0.15, 0.2) is 11.6 Å². The van der Waals surface area contributed by atoms with Gasteiger partial charge in [-0.15, -0.1) is 0 Å². The monoisotopic (exact) mass is 236 g/mol. The lowest BCUT2D eigenvalue weighted by Crippen LogP contribution is -2.18. The van der Waals surface area contributed by atoms with Crippen LogP contribution in [0.4, 0.5) is 0 Å². The Bertz CT molecular complexity index is 265. The van der Waals surface area contributed by atoms with Gasteiger partial charge in [0, 0.05) is 0 Å². The van der Waals surface area contributed by atoms with Crippen LogP contribution >= 0.6 is 0 Å². The van der Waals surface area contributed by atoms with Gasteiger partial charge in [0.15, 0.2) is 0 Å². The molecule has 0 aromatic carbocycles. The minimum absolute atomic E-state index is 0.420. The molecule has 2 aliphatic rings. The van der Waals surface area contributed by atoms with Crippen molar-refractivity contribution in [1.82, 2.24) is 0 Å². The molecule has 0 aromatic heterocycles. The molecule has 1 fully saturated rings. The predicted octanol–water partition coefficient (Wildman–Crippen LogP) is 4.60. The minimum Gasteiger partial charge on any atom is -0.390 e. The van der Waals surface area contributed by atoms with Gasteiger partial charge in [-0.05, 0) is 44.9 Å². The van der Waals surface area contributed by atoms with Gasteiger partial charge >= 0.3 is 0 Å². The lowest BCUT2D eigenvalue weighted by Gasteiger charge is -2.15. The van der Waals surface area contributed by atoms with Gasteiger partial charge in [-0.25, -0.2) is 0 Å². The first-order chi connectivity index (χ1) is 8.17. The molecule has 1 N–H and O–H groups in total.